The number of para-hydroxylation sites is 2. The molecule has 0 saturated heterocycles. The minimum atomic E-state index is -1.13. The standard InChI is InChI=1S/C19H22N4O4/c24-17(25)16(23-19(27)22-15-10-5-2-6-11-15)12-7-13-20-18(26)21-14-8-3-1-4-9-14/h1-6,8-11,16H,7,12-13H2,(H,24,25)(H2,20,21,26)(H2,22,23,27). The maximum Gasteiger partial charge on any atom is 0.326 e. The van der Waals surface area contributed by atoms with Crippen molar-refractivity contribution >= 4 is 29.4 Å². The van der Waals surface area contributed by atoms with E-state index in [-0.39, 0.29) is 19.0 Å². The van der Waals surface area contributed by atoms with Crippen molar-refractivity contribution < 1.29 is 19.5 Å². The minimum absolute atomic E-state index is 0.184. The summed E-state index contributed by atoms with van der Waals surface area (Å²) in [7, 11) is 0. The van der Waals surface area contributed by atoms with Gasteiger partial charge in [-0.15, -0.1) is 0 Å². The summed E-state index contributed by atoms with van der Waals surface area (Å²) >= 11 is 0. The molecule has 1 unspecified atom stereocenters. The first-order valence-corrected chi connectivity index (χ1v) is 8.50. The molecule has 0 heterocycles. The summed E-state index contributed by atoms with van der Waals surface area (Å²) < 4.78 is 0. The number of carbonyl (C=O) groups is 3. The van der Waals surface area contributed by atoms with Crippen LogP contribution in [0.5, 0.6) is 0 Å². The van der Waals surface area contributed by atoms with E-state index < -0.39 is 18.0 Å². The summed E-state index contributed by atoms with van der Waals surface area (Å²) in [4.78, 5) is 35.0. The van der Waals surface area contributed by atoms with E-state index in [9.17, 15) is 19.5 Å². The Balaban J connectivity index is 1.70. The molecular weight excluding hydrogens is 348 g/mol. The third kappa shape index (κ3) is 7.47. The van der Waals surface area contributed by atoms with Gasteiger partial charge in [-0.1, -0.05) is 36.4 Å². The molecule has 142 valence electrons. The normalized spacial score (nSPS) is 11.1. The molecule has 4 amide bonds. The highest BCUT2D eigenvalue weighted by Crippen LogP contribution is 2.06. The van der Waals surface area contributed by atoms with Gasteiger partial charge in [-0.3, -0.25) is 0 Å². The van der Waals surface area contributed by atoms with Gasteiger partial charge in [-0.05, 0) is 37.1 Å². The van der Waals surface area contributed by atoms with Crippen molar-refractivity contribution in [3.63, 3.8) is 0 Å². The Hall–Kier alpha value is -3.55. The van der Waals surface area contributed by atoms with E-state index in [0.29, 0.717) is 17.8 Å². The molecule has 0 bridgehead atoms. The molecule has 0 aliphatic heterocycles. The summed E-state index contributed by atoms with van der Waals surface area (Å²) in [5, 5.41) is 19.5. The number of amides is 4. The quantitative estimate of drug-likeness (QED) is 0.459. The molecule has 0 fully saturated rings. The van der Waals surface area contributed by atoms with E-state index in [1.807, 2.05) is 12.1 Å². The van der Waals surface area contributed by atoms with Crippen LogP contribution in [0.4, 0.5) is 21.0 Å². The fraction of sp³-hybridized carbons (Fsp3) is 0.211. The van der Waals surface area contributed by atoms with Gasteiger partial charge >= 0.3 is 18.0 Å². The number of hydrogen-bond acceptors (Lipinski definition) is 3. The Morgan fingerprint density at radius 1 is 0.815 bits per heavy atom. The van der Waals surface area contributed by atoms with Crippen LogP contribution in [0.25, 0.3) is 0 Å². The second kappa shape index (κ2) is 10.4. The molecule has 0 radical (unpaired) electrons. The van der Waals surface area contributed by atoms with Crippen molar-refractivity contribution in [1.29, 1.82) is 0 Å². The lowest BCUT2D eigenvalue weighted by Gasteiger charge is -2.15. The van der Waals surface area contributed by atoms with E-state index in [1.54, 1.807) is 48.5 Å². The summed E-state index contributed by atoms with van der Waals surface area (Å²) in [5.74, 6) is -1.13. The first kappa shape index (κ1) is 19.8. The summed E-state index contributed by atoms with van der Waals surface area (Å²) in [6.45, 7) is 0.282. The Kier molecular flexibility index (Phi) is 7.65. The van der Waals surface area contributed by atoms with Crippen LogP contribution in [0.1, 0.15) is 12.8 Å². The minimum Gasteiger partial charge on any atom is -0.480 e. The molecule has 1 atom stereocenters. The van der Waals surface area contributed by atoms with Crippen LogP contribution in [0, 0.1) is 0 Å². The number of urea groups is 2. The number of benzene rings is 2. The number of hydrogen-bond donors (Lipinski definition) is 5. The van der Waals surface area contributed by atoms with Gasteiger partial charge < -0.3 is 26.4 Å². The van der Waals surface area contributed by atoms with Gasteiger partial charge in [0.05, 0.1) is 0 Å². The molecule has 8 heteroatoms. The van der Waals surface area contributed by atoms with Gasteiger partial charge in [0.15, 0.2) is 0 Å². The number of nitrogens with one attached hydrogen (secondary N) is 4. The number of aliphatic carboxylic acids is 1. The van der Waals surface area contributed by atoms with E-state index in [2.05, 4.69) is 21.3 Å². The maximum absolute atomic E-state index is 11.9. The Labute approximate surface area is 157 Å². The Bertz CT molecular complexity index is 753. The topological polar surface area (TPSA) is 120 Å². The average Bonchev–Trinajstić information content (AvgIpc) is 2.65. The SMILES string of the molecule is O=C(NCCCC(NC(=O)Nc1ccccc1)C(=O)O)Nc1ccccc1. The van der Waals surface area contributed by atoms with Crippen molar-refractivity contribution in [3.05, 3.63) is 60.7 Å². The van der Waals surface area contributed by atoms with Crippen LogP contribution in [-0.2, 0) is 4.79 Å². The molecule has 0 spiro atoms. The third-order valence-corrected chi connectivity index (χ3v) is 3.62. The van der Waals surface area contributed by atoms with Gasteiger partial charge in [0.1, 0.15) is 6.04 Å². The zero-order valence-electron chi connectivity index (χ0n) is 14.6. The highest BCUT2D eigenvalue weighted by Gasteiger charge is 2.19. The van der Waals surface area contributed by atoms with Crippen molar-refractivity contribution in [3.8, 4) is 0 Å². The predicted octanol–water partition coefficient (Wildman–Crippen LogP) is 2.86. The van der Waals surface area contributed by atoms with Crippen LogP contribution < -0.4 is 21.3 Å². The molecule has 8 nitrogen and oxygen atoms in total. The zero-order valence-corrected chi connectivity index (χ0v) is 14.6. The molecule has 0 aromatic heterocycles. The third-order valence-electron chi connectivity index (χ3n) is 3.62. The average molecular weight is 370 g/mol. The zero-order chi connectivity index (χ0) is 19.5. The summed E-state index contributed by atoms with van der Waals surface area (Å²) in [5.41, 5.74) is 1.23. The van der Waals surface area contributed by atoms with Crippen molar-refractivity contribution in [2.24, 2.45) is 0 Å². The largest absolute Gasteiger partial charge is 0.480 e. The lowest BCUT2D eigenvalue weighted by molar-refractivity contribution is -0.139. The molecule has 2 rings (SSSR count). The van der Waals surface area contributed by atoms with Crippen LogP contribution in [0.2, 0.25) is 0 Å². The highest BCUT2D eigenvalue weighted by molar-refractivity contribution is 5.92. The molecule has 27 heavy (non-hydrogen) atoms. The predicted molar refractivity (Wildman–Crippen MR) is 103 cm³/mol. The molecule has 2 aromatic rings. The number of rotatable bonds is 8. The van der Waals surface area contributed by atoms with Gasteiger partial charge in [0.25, 0.3) is 0 Å². The summed E-state index contributed by atoms with van der Waals surface area (Å²) in [6.07, 6.45) is 0.577. The monoisotopic (exact) mass is 370 g/mol. The number of carbonyl (C=O) groups excluding carboxylic acids is 2. The second-order valence-corrected chi connectivity index (χ2v) is 5.74. The second-order valence-electron chi connectivity index (χ2n) is 5.74. The van der Waals surface area contributed by atoms with Gasteiger partial charge in [0.2, 0.25) is 0 Å². The first-order valence-electron chi connectivity index (χ1n) is 8.50. The maximum atomic E-state index is 11.9. The van der Waals surface area contributed by atoms with Crippen molar-refractivity contribution in [2.45, 2.75) is 18.9 Å². The molecular formula is C19H22N4O4. The van der Waals surface area contributed by atoms with Gasteiger partial charge in [0, 0.05) is 17.9 Å². The molecule has 0 aliphatic rings. The number of carboxylic acid groups (broad SMARTS) is 1. The van der Waals surface area contributed by atoms with Crippen LogP contribution >= 0.6 is 0 Å². The Morgan fingerprint density at radius 3 is 1.85 bits per heavy atom. The van der Waals surface area contributed by atoms with Crippen LogP contribution in [0.15, 0.2) is 60.7 Å². The smallest absolute Gasteiger partial charge is 0.326 e. The van der Waals surface area contributed by atoms with E-state index >= 15 is 0 Å². The lowest BCUT2D eigenvalue weighted by Crippen LogP contribution is -2.43. The summed E-state index contributed by atoms with van der Waals surface area (Å²) in [6, 6.07) is 15.7. The van der Waals surface area contributed by atoms with E-state index in [4.69, 9.17) is 0 Å². The van der Waals surface area contributed by atoms with Gasteiger partial charge in [-0.25, -0.2) is 14.4 Å². The van der Waals surface area contributed by atoms with Crippen molar-refractivity contribution in [2.75, 3.05) is 17.2 Å². The van der Waals surface area contributed by atoms with Crippen LogP contribution in [-0.4, -0.2) is 35.7 Å². The highest BCUT2D eigenvalue weighted by atomic mass is 16.4. The van der Waals surface area contributed by atoms with Crippen LogP contribution in [0.3, 0.4) is 0 Å². The fourth-order valence-electron chi connectivity index (χ4n) is 2.31. The number of carboxylic acids is 1. The molecule has 0 aliphatic carbocycles. The first-order chi connectivity index (χ1) is 13.0. The molecule has 0 saturated carbocycles. The fourth-order valence-corrected chi connectivity index (χ4v) is 2.31. The lowest BCUT2D eigenvalue weighted by atomic mass is 10.1. The van der Waals surface area contributed by atoms with Crippen molar-refractivity contribution in [1.82, 2.24) is 10.6 Å². The van der Waals surface area contributed by atoms with E-state index in [0.717, 1.165) is 0 Å². The van der Waals surface area contributed by atoms with Gasteiger partial charge in [-0.2, -0.15) is 0 Å². The molecule has 5 N–H and O–H groups in total. The van der Waals surface area contributed by atoms with E-state index in [1.165, 1.54) is 0 Å². The Morgan fingerprint density at radius 2 is 1.33 bits per heavy atom. The molecule has 2 aromatic carbocycles. The number of anilines is 2.